The molecule has 0 aromatic rings. The van der Waals surface area contributed by atoms with Gasteiger partial charge in [-0.25, -0.2) is 4.39 Å². The van der Waals surface area contributed by atoms with Gasteiger partial charge in [0.1, 0.15) is 12.5 Å². The lowest BCUT2D eigenvalue weighted by Crippen LogP contribution is -2.56. The Balaban J connectivity index is 1.59. The highest BCUT2D eigenvalue weighted by atomic mass is 19.1. The van der Waals surface area contributed by atoms with Crippen LogP contribution in [0, 0.1) is 40.4 Å². The van der Waals surface area contributed by atoms with Crippen LogP contribution >= 0.6 is 0 Å². The molecule has 2 nitrogen and oxygen atoms in total. The fourth-order valence-corrected chi connectivity index (χ4v) is 8.11. The second-order valence-corrected chi connectivity index (χ2v) is 10.5. The molecule has 1 N–H and O–H groups in total. The van der Waals surface area contributed by atoms with Gasteiger partial charge in [0.25, 0.3) is 0 Å². The molecule has 0 aliphatic heterocycles. The molecule has 8 atom stereocenters. The molecule has 0 heterocycles. The molecule has 4 rings (SSSR count). The molecule has 0 amide bonds. The summed E-state index contributed by atoms with van der Waals surface area (Å²) in [5.74, 6) is 3.28. The predicted octanol–water partition coefficient (Wildman–Crippen LogP) is 4.93. The second-order valence-electron chi connectivity index (χ2n) is 10.5. The Morgan fingerprint density at radius 3 is 2.40 bits per heavy atom. The average molecular weight is 351 g/mol. The van der Waals surface area contributed by atoms with Crippen molar-refractivity contribution >= 4 is 5.78 Å². The van der Waals surface area contributed by atoms with Crippen LogP contribution in [0.25, 0.3) is 0 Å². The zero-order chi connectivity index (χ0) is 18.0. The van der Waals surface area contributed by atoms with Crippen LogP contribution in [0.15, 0.2) is 0 Å². The Hall–Kier alpha value is -0.440. The molecule has 4 aliphatic rings. The number of fused-ring (bicyclic) bond motifs is 5. The minimum Gasteiger partial charge on any atom is -0.387 e. The first-order valence-corrected chi connectivity index (χ1v) is 10.5. The number of aliphatic hydroxyl groups is 1. The van der Waals surface area contributed by atoms with Crippen molar-refractivity contribution in [2.75, 3.05) is 6.67 Å². The van der Waals surface area contributed by atoms with E-state index >= 15 is 0 Å². The fraction of sp³-hybridized carbons (Fsp3) is 0.955. The molecule has 25 heavy (non-hydrogen) atoms. The zero-order valence-electron chi connectivity index (χ0n) is 16.2. The monoisotopic (exact) mass is 350 g/mol. The summed E-state index contributed by atoms with van der Waals surface area (Å²) in [6, 6.07) is 0. The topological polar surface area (TPSA) is 37.3 Å². The SMILES string of the molecule is CC(=O)[C@H]1CC[C@H]2[C@@H]3CC[C@H]4C[C@](O)(CF)CC[C@]4(C)[C@H]3CC[C@]12C. The molecule has 0 bridgehead atoms. The summed E-state index contributed by atoms with van der Waals surface area (Å²) in [7, 11) is 0. The van der Waals surface area contributed by atoms with Crippen molar-refractivity contribution in [3.05, 3.63) is 0 Å². The van der Waals surface area contributed by atoms with E-state index in [1.807, 2.05) is 0 Å². The third-order valence-electron chi connectivity index (χ3n) is 9.56. The van der Waals surface area contributed by atoms with Crippen molar-refractivity contribution < 1.29 is 14.3 Å². The number of rotatable bonds is 2. The van der Waals surface area contributed by atoms with Gasteiger partial charge in [0, 0.05) is 5.92 Å². The molecule has 142 valence electrons. The molecular weight excluding hydrogens is 315 g/mol. The van der Waals surface area contributed by atoms with Crippen LogP contribution in [-0.4, -0.2) is 23.2 Å². The van der Waals surface area contributed by atoms with Gasteiger partial charge in [-0.3, -0.25) is 4.79 Å². The Morgan fingerprint density at radius 1 is 1.00 bits per heavy atom. The standard InChI is InChI=1S/C22H35FO2/c1-14(24)17-6-7-18-16-5-4-15-12-22(25,13-23)11-10-20(15,2)19(16)8-9-21(17,18)3/h15-19,25H,4-13H2,1-3H3/t15-,16-,17+,18-,19-,20-,21+,22-/m0/s1. The van der Waals surface area contributed by atoms with Crippen molar-refractivity contribution in [3.8, 4) is 0 Å². The van der Waals surface area contributed by atoms with Gasteiger partial charge >= 0.3 is 0 Å². The Morgan fingerprint density at radius 2 is 1.72 bits per heavy atom. The normalized spacial score (nSPS) is 55.2. The summed E-state index contributed by atoms with van der Waals surface area (Å²) in [6.07, 6.45) is 9.31. The first kappa shape index (κ1) is 17.9. The minimum absolute atomic E-state index is 0.213. The maximum absolute atomic E-state index is 13.3. The molecule has 0 spiro atoms. The lowest BCUT2D eigenvalue weighted by Gasteiger charge is -2.61. The molecule has 4 aliphatic carbocycles. The fourth-order valence-electron chi connectivity index (χ4n) is 8.11. The Bertz CT molecular complexity index is 562. The Kier molecular flexibility index (Phi) is 4.15. The quantitative estimate of drug-likeness (QED) is 0.766. The number of hydrogen-bond acceptors (Lipinski definition) is 2. The summed E-state index contributed by atoms with van der Waals surface area (Å²) in [5.41, 5.74) is -0.586. The van der Waals surface area contributed by atoms with Crippen molar-refractivity contribution in [2.45, 2.75) is 84.2 Å². The number of Topliss-reactive ketones (excluding diaryl/α,β-unsaturated/α-hetero) is 1. The van der Waals surface area contributed by atoms with Crippen molar-refractivity contribution in [2.24, 2.45) is 40.4 Å². The number of hydrogen-bond donors (Lipinski definition) is 1. The van der Waals surface area contributed by atoms with Crippen LogP contribution in [0.5, 0.6) is 0 Å². The van der Waals surface area contributed by atoms with Gasteiger partial charge in [0.15, 0.2) is 0 Å². The summed E-state index contributed by atoms with van der Waals surface area (Å²) < 4.78 is 13.3. The largest absolute Gasteiger partial charge is 0.387 e. The highest BCUT2D eigenvalue weighted by Gasteiger charge is 2.61. The number of ketones is 1. The number of carbonyl (C=O) groups is 1. The van der Waals surface area contributed by atoms with Crippen LogP contribution in [0.3, 0.4) is 0 Å². The first-order chi connectivity index (χ1) is 11.7. The van der Waals surface area contributed by atoms with Crippen LogP contribution in [0.4, 0.5) is 4.39 Å². The van der Waals surface area contributed by atoms with E-state index in [9.17, 15) is 14.3 Å². The Labute approximate surface area is 152 Å². The van der Waals surface area contributed by atoms with E-state index in [-0.39, 0.29) is 16.7 Å². The van der Waals surface area contributed by atoms with E-state index in [0.717, 1.165) is 25.2 Å². The van der Waals surface area contributed by atoms with Gasteiger partial charge in [0.2, 0.25) is 0 Å². The molecule has 0 aromatic carbocycles. The van der Waals surface area contributed by atoms with Crippen LogP contribution in [0.2, 0.25) is 0 Å². The minimum atomic E-state index is -1.06. The maximum Gasteiger partial charge on any atom is 0.133 e. The third kappa shape index (κ3) is 2.47. The van der Waals surface area contributed by atoms with Gasteiger partial charge < -0.3 is 5.11 Å². The van der Waals surface area contributed by atoms with Gasteiger partial charge in [-0.15, -0.1) is 0 Å². The van der Waals surface area contributed by atoms with Crippen LogP contribution in [0.1, 0.15) is 78.6 Å². The first-order valence-electron chi connectivity index (χ1n) is 10.5. The van der Waals surface area contributed by atoms with E-state index in [1.54, 1.807) is 6.92 Å². The van der Waals surface area contributed by atoms with E-state index in [4.69, 9.17) is 0 Å². The third-order valence-corrected chi connectivity index (χ3v) is 9.56. The van der Waals surface area contributed by atoms with E-state index in [2.05, 4.69) is 13.8 Å². The van der Waals surface area contributed by atoms with Crippen molar-refractivity contribution in [1.29, 1.82) is 0 Å². The highest BCUT2D eigenvalue weighted by Crippen LogP contribution is 2.68. The van der Waals surface area contributed by atoms with Crippen LogP contribution < -0.4 is 0 Å². The van der Waals surface area contributed by atoms with E-state index in [0.29, 0.717) is 36.4 Å². The van der Waals surface area contributed by atoms with Gasteiger partial charge in [-0.2, -0.15) is 0 Å². The number of alkyl halides is 1. The average Bonchev–Trinajstić information content (AvgIpc) is 2.93. The molecule has 4 fully saturated rings. The molecule has 0 radical (unpaired) electrons. The summed E-state index contributed by atoms with van der Waals surface area (Å²) >= 11 is 0. The lowest BCUT2D eigenvalue weighted by atomic mass is 9.44. The summed E-state index contributed by atoms with van der Waals surface area (Å²) in [4.78, 5) is 12.2. The van der Waals surface area contributed by atoms with E-state index < -0.39 is 12.3 Å². The zero-order valence-corrected chi connectivity index (χ0v) is 16.2. The lowest BCUT2D eigenvalue weighted by molar-refractivity contribution is -0.156. The molecule has 3 heteroatoms. The second kappa shape index (κ2) is 5.78. The highest BCUT2D eigenvalue weighted by molar-refractivity contribution is 5.79. The molecule has 0 unspecified atom stereocenters. The summed E-state index contributed by atoms with van der Waals surface area (Å²) in [5, 5.41) is 10.5. The van der Waals surface area contributed by atoms with Crippen LogP contribution in [-0.2, 0) is 4.79 Å². The summed E-state index contributed by atoms with van der Waals surface area (Å²) in [6.45, 7) is 6.03. The molecule has 0 saturated heterocycles. The van der Waals surface area contributed by atoms with Gasteiger partial charge in [-0.1, -0.05) is 13.8 Å². The molecule has 4 saturated carbocycles. The number of carbonyl (C=O) groups excluding carboxylic acids is 1. The number of halogens is 1. The maximum atomic E-state index is 13.3. The molecule has 0 aromatic heterocycles. The molecular formula is C22H35FO2. The smallest absolute Gasteiger partial charge is 0.133 e. The van der Waals surface area contributed by atoms with Crippen molar-refractivity contribution in [3.63, 3.8) is 0 Å². The predicted molar refractivity (Wildman–Crippen MR) is 96.8 cm³/mol. The van der Waals surface area contributed by atoms with Crippen molar-refractivity contribution in [1.82, 2.24) is 0 Å². The van der Waals surface area contributed by atoms with E-state index in [1.165, 1.54) is 25.7 Å². The van der Waals surface area contributed by atoms with Gasteiger partial charge in [-0.05, 0) is 99.2 Å². The van der Waals surface area contributed by atoms with Gasteiger partial charge in [0.05, 0.1) is 5.60 Å².